The predicted molar refractivity (Wildman–Crippen MR) is 76.9 cm³/mol. The Kier molecular flexibility index (Phi) is 2.81. The molecule has 1 amide bonds. The van der Waals surface area contributed by atoms with Crippen molar-refractivity contribution in [2.75, 3.05) is 6.54 Å². The molecule has 0 radical (unpaired) electrons. The van der Waals surface area contributed by atoms with E-state index in [4.69, 9.17) is 0 Å². The average molecular weight is 285 g/mol. The van der Waals surface area contributed by atoms with Gasteiger partial charge in [0.15, 0.2) is 0 Å². The highest BCUT2D eigenvalue weighted by Crippen LogP contribution is 2.60. The van der Waals surface area contributed by atoms with Gasteiger partial charge in [-0.15, -0.1) is 0 Å². The molecule has 4 nitrogen and oxygen atoms in total. The molecule has 110 valence electrons. The maximum Gasteiger partial charge on any atom is 0.326 e. The molecule has 1 aromatic carbocycles. The second-order valence-electron chi connectivity index (χ2n) is 6.48. The van der Waals surface area contributed by atoms with Gasteiger partial charge in [0.2, 0.25) is 5.91 Å². The highest BCUT2D eigenvalue weighted by atomic mass is 16.4. The van der Waals surface area contributed by atoms with Gasteiger partial charge in [-0.1, -0.05) is 24.3 Å². The maximum absolute atomic E-state index is 12.8. The van der Waals surface area contributed by atoms with Crippen LogP contribution in [0.1, 0.15) is 36.3 Å². The van der Waals surface area contributed by atoms with E-state index in [1.807, 2.05) is 6.07 Å². The number of carboxylic acids is 1. The molecule has 4 atom stereocenters. The second kappa shape index (κ2) is 4.58. The molecule has 0 bridgehead atoms. The molecule has 0 aromatic heterocycles. The van der Waals surface area contributed by atoms with E-state index >= 15 is 0 Å². The number of rotatable bonds is 2. The zero-order chi connectivity index (χ0) is 14.6. The first-order valence-electron chi connectivity index (χ1n) is 7.79. The van der Waals surface area contributed by atoms with E-state index in [-0.39, 0.29) is 11.8 Å². The van der Waals surface area contributed by atoms with Crippen molar-refractivity contribution in [3.8, 4) is 0 Å². The number of likely N-dealkylation sites (tertiary alicyclic amines) is 1. The second-order valence-corrected chi connectivity index (χ2v) is 6.48. The number of carboxylic acid groups (broad SMARTS) is 1. The van der Waals surface area contributed by atoms with Crippen molar-refractivity contribution >= 4 is 11.9 Å². The first kappa shape index (κ1) is 12.9. The van der Waals surface area contributed by atoms with E-state index in [9.17, 15) is 14.7 Å². The third-order valence-electron chi connectivity index (χ3n) is 5.44. The lowest BCUT2D eigenvalue weighted by Crippen LogP contribution is -2.41. The first-order chi connectivity index (χ1) is 10.2. The number of aryl methyl sites for hydroxylation is 1. The summed E-state index contributed by atoms with van der Waals surface area (Å²) in [7, 11) is 0. The molecule has 0 spiro atoms. The number of carbonyl (C=O) groups is 2. The Bertz CT molecular complexity index is 612. The predicted octanol–water partition coefficient (Wildman–Crippen LogP) is 2.04. The van der Waals surface area contributed by atoms with E-state index in [2.05, 4.69) is 18.2 Å². The Morgan fingerprint density at radius 2 is 2.00 bits per heavy atom. The summed E-state index contributed by atoms with van der Waals surface area (Å²) in [5.41, 5.74) is 2.68. The summed E-state index contributed by atoms with van der Waals surface area (Å²) >= 11 is 0. The van der Waals surface area contributed by atoms with E-state index in [0.717, 1.165) is 19.3 Å². The molecule has 1 aliphatic heterocycles. The number of aliphatic carboxylic acids is 1. The molecule has 1 saturated carbocycles. The fourth-order valence-electron chi connectivity index (χ4n) is 4.38. The number of nitrogens with zero attached hydrogens (tertiary/aromatic N) is 1. The molecule has 3 aliphatic rings. The number of carbonyl (C=O) groups excluding carboxylic acids is 1. The minimum Gasteiger partial charge on any atom is -0.480 e. The van der Waals surface area contributed by atoms with Gasteiger partial charge < -0.3 is 10.0 Å². The van der Waals surface area contributed by atoms with Gasteiger partial charge in [-0.2, -0.15) is 0 Å². The molecule has 21 heavy (non-hydrogen) atoms. The van der Waals surface area contributed by atoms with Crippen molar-refractivity contribution in [3.63, 3.8) is 0 Å². The molecule has 1 saturated heterocycles. The molecule has 4 unspecified atom stereocenters. The minimum atomic E-state index is -0.857. The van der Waals surface area contributed by atoms with Crippen molar-refractivity contribution in [1.29, 1.82) is 0 Å². The summed E-state index contributed by atoms with van der Waals surface area (Å²) in [6.45, 7) is 0.605. The highest BCUT2D eigenvalue weighted by molar-refractivity contribution is 5.89. The zero-order valence-corrected chi connectivity index (χ0v) is 11.9. The Balaban J connectivity index is 1.57. The van der Waals surface area contributed by atoms with Gasteiger partial charge in [-0.25, -0.2) is 4.79 Å². The summed E-state index contributed by atoms with van der Waals surface area (Å²) in [5.74, 6) is 0.00464. The number of hydrogen-bond acceptors (Lipinski definition) is 2. The Hall–Kier alpha value is -1.84. The monoisotopic (exact) mass is 285 g/mol. The largest absolute Gasteiger partial charge is 0.480 e. The fraction of sp³-hybridized carbons (Fsp3) is 0.529. The normalized spacial score (nSPS) is 33.2. The molecular formula is C17H19NO3. The third-order valence-corrected chi connectivity index (χ3v) is 5.44. The highest BCUT2D eigenvalue weighted by Gasteiger charge is 2.59. The van der Waals surface area contributed by atoms with Crippen LogP contribution in [0.5, 0.6) is 0 Å². The van der Waals surface area contributed by atoms with Crippen LogP contribution in [0.25, 0.3) is 0 Å². The van der Waals surface area contributed by atoms with Crippen molar-refractivity contribution < 1.29 is 14.7 Å². The van der Waals surface area contributed by atoms with Gasteiger partial charge >= 0.3 is 5.97 Å². The zero-order valence-electron chi connectivity index (χ0n) is 11.9. The fourth-order valence-corrected chi connectivity index (χ4v) is 4.38. The summed E-state index contributed by atoms with van der Waals surface area (Å²) in [4.78, 5) is 25.7. The van der Waals surface area contributed by atoms with Gasteiger partial charge in [-0.3, -0.25) is 4.79 Å². The topological polar surface area (TPSA) is 57.6 Å². The molecule has 2 fully saturated rings. The van der Waals surface area contributed by atoms with Crippen molar-refractivity contribution in [3.05, 3.63) is 35.4 Å². The lowest BCUT2D eigenvalue weighted by atomic mass is 9.92. The number of amides is 1. The molecular weight excluding hydrogens is 266 g/mol. The van der Waals surface area contributed by atoms with E-state index in [1.54, 1.807) is 4.90 Å². The molecule has 1 aromatic rings. The quantitative estimate of drug-likeness (QED) is 0.904. The minimum absolute atomic E-state index is 0.0219. The number of benzene rings is 1. The van der Waals surface area contributed by atoms with Gasteiger partial charge in [0, 0.05) is 12.5 Å². The molecule has 4 heteroatoms. The van der Waals surface area contributed by atoms with Crippen LogP contribution >= 0.6 is 0 Å². The smallest absolute Gasteiger partial charge is 0.326 e. The van der Waals surface area contributed by atoms with Crippen LogP contribution in [0.3, 0.4) is 0 Å². The summed E-state index contributed by atoms with van der Waals surface area (Å²) in [5, 5.41) is 9.26. The summed E-state index contributed by atoms with van der Waals surface area (Å²) in [6.07, 6.45) is 3.51. The van der Waals surface area contributed by atoms with E-state index in [1.165, 1.54) is 11.1 Å². The van der Waals surface area contributed by atoms with Crippen LogP contribution < -0.4 is 0 Å². The number of hydrogen-bond donors (Lipinski definition) is 1. The first-order valence-corrected chi connectivity index (χ1v) is 7.79. The standard InChI is InChI=1S/C17H19NO3/c19-16(18-9-3-6-13(18)17(20)21)15-12-8-7-10-4-1-2-5-11(10)14(12)15/h1-2,4-5,12-15H,3,6-9H2,(H,20,21). The van der Waals surface area contributed by atoms with Gasteiger partial charge in [0.05, 0.1) is 0 Å². The molecule has 1 heterocycles. The Labute approximate surface area is 123 Å². The summed E-state index contributed by atoms with van der Waals surface area (Å²) in [6, 6.07) is 7.78. The average Bonchev–Trinajstić information content (AvgIpc) is 3.02. The van der Waals surface area contributed by atoms with Crippen molar-refractivity contribution in [1.82, 2.24) is 4.90 Å². The van der Waals surface area contributed by atoms with Crippen LogP contribution in [0.4, 0.5) is 0 Å². The maximum atomic E-state index is 12.8. The van der Waals surface area contributed by atoms with E-state index in [0.29, 0.717) is 24.8 Å². The van der Waals surface area contributed by atoms with Gasteiger partial charge in [0.1, 0.15) is 6.04 Å². The molecule has 2 aliphatic carbocycles. The SMILES string of the molecule is O=C(O)C1CCCN1C(=O)C1C2CCc3ccccc3C21. The molecule has 1 N–H and O–H groups in total. The van der Waals surface area contributed by atoms with Crippen LogP contribution in [0.15, 0.2) is 24.3 Å². The number of fused-ring (bicyclic) bond motifs is 3. The van der Waals surface area contributed by atoms with Crippen LogP contribution in [-0.4, -0.2) is 34.5 Å². The van der Waals surface area contributed by atoms with Gasteiger partial charge in [0.25, 0.3) is 0 Å². The van der Waals surface area contributed by atoms with E-state index < -0.39 is 12.0 Å². The van der Waals surface area contributed by atoms with Crippen LogP contribution in [-0.2, 0) is 16.0 Å². The Morgan fingerprint density at radius 3 is 2.81 bits per heavy atom. The lowest BCUT2D eigenvalue weighted by molar-refractivity contribution is -0.148. The summed E-state index contributed by atoms with van der Waals surface area (Å²) < 4.78 is 0. The van der Waals surface area contributed by atoms with Crippen molar-refractivity contribution in [2.24, 2.45) is 11.8 Å². The third kappa shape index (κ3) is 1.88. The van der Waals surface area contributed by atoms with Crippen molar-refractivity contribution in [2.45, 2.75) is 37.6 Å². The Morgan fingerprint density at radius 1 is 1.19 bits per heavy atom. The van der Waals surface area contributed by atoms with Crippen LogP contribution in [0, 0.1) is 11.8 Å². The van der Waals surface area contributed by atoms with Gasteiger partial charge in [-0.05, 0) is 48.6 Å². The van der Waals surface area contributed by atoms with Crippen LogP contribution in [0.2, 0.25) is 0 Å². The lowest BCUT2D eigenvalue weighted by Gasteiger charge is -2.21. The molecule has 4 rings (SSSR count).